The number of imidazole rings is 1. The largest absolute Gasteiger partial charge is 0.478 e. The summed E-state index contributed by atoms with van der Waals surface area (Å²) in [6, 6.07) is 4.97. The van der Waals surface area contributed by atoms with E-state index in [0.717, 1.165) is 0 Å². The van der Waals surface area contributed by atoms with Gasteiger partial charge in [0.05, 0.1) is 16.8 Å². The van der Waals surface area contributed by atoms with Crippen molar-refractivity contribution in [2.45, 2.75) is 13.8 Å². The number of aromatic amines is 1. The number of fused-ring (bicyclic) bond motifs is 1. The van der Waals surface area contributed by atoms with Crippen LogP contribution in [-0.2, 0) is 0 Å². The van der Waals surface area contributed by atoms with Gasteiger partial charge >= 0.3 is 5.97 Å². The average molecular weight is 257 g/mol. The van der Waals surface area contributed by atoms with Crippen molar-refractivity contribution < 1.29 is 14.3 Å². The Morgan fingerprint density at radius 1 is 1.32 bits per heavy atom. The summed E-state index contributed by atoms with van der Waals surface area (Å²) in [5.74, 6) is 0.562. The molecule has 96 valence electrons. The van der Waals surface area contributed by atoms with Crippen molar-refractivity contribution in [2.75, 3.05) is 0 Å². The maximum atomic E-state index is 11.1. The standard InChI is InChI=1S/C13H11N3O3/c1-6-11(19-7(2)14-6)12-15-9-5-3-4-8(13(17)18)10(9)16-12/h3-5H,1-2H3,(H,15,16)(H,17,18). The Balaban J connectivity index is 2.25. The second-order valence-corrected chi connectivity index (χ2v) is 4.24. The Kier molecular flexibility index (Phi) is 2.38. The summed E-state index contributed by atoms with van der Waals surface area (Å²) < 4.78 is 5.48. The molecule has 0 saturated heterocycles. The summed E-state index contributed by atoms with van der Waals surface area (Å²) in [7, 11) is 0. The van der Waals surface area contributed by atoms with E-state index < -0.39 is 5.97 Å². The molecule has 0 saturated carbocycles. The van der Waals surface area contributed by atoms with Gasteiger partial charge < -0.3 is 14.5 Å². The molecule has 1 aromatic carbocycles. The van der Waals surface area contributed by atoms with Crippen molar-refractivity contribution in [3.8, 4) is 11.6 Å². The lowest BCUT2D eigenvalue weighted by Gasteiger charge is -1.93. The Labute approximate surface area is 108 Å². The molecule has 0 aliphatic heterocycles. The molecule has 19 heavy (non-hydrogen) atoms. The summed E-state index contributed by atoms with van der Waals surface area (Å²) in [6.07, 6.45) is 0. The normalized spacial score (nSPS) is 11.1. The Hall–Kier alpha value is -2.63. The van der Waals surface area contributed by atoms with Crippen LogP contribution in [0.1, 0.15) is 21.9 Å². The van der Waals surface area contributed by atoms with Gasteiger partial charge in [-0.25, -0.2) is 14.8 Å². The highest BCUT2D eigenvalue weighted by Crippen LogP contribution is 2.25. The van der Waals surface area contributed by atoms with Gasteiger partial charge in [0.25, 0.3) is 0 Å². The smallest absolute Gasteiger partial charge is 0.337 e. The van der Waals surface area contributed by atoms with E-state index >= 15 is 0 Å². The molecule has 0 aliphatic rings. The van der Waals surface area contributed by atoms with Crippen LogP contribution in [0.2, 0.25) is 0 Å². The third-order valence-electron chi connectivity index (χ3n) is 2.86. The maximum Gasteiger partial charge on any atom is 0.337 e. The number of nitrogens with zero attached hydrogens (tertiary/aromatic N) is 2. The van der Waals surface area contributed by atoms with Gasteiger partial charge in [0.15, 0.2) is 17.5 Å². The summed E-state index contributed by atoms with van der Waals surface area (Å²) in [5, 5.41) is 9.13. The number of carbonyl (C=O) groups is 1. The first-order chi connectivity index (χ1) is 9.06. The van der Waals surface area contributed by atoms with Crippen LogP contribution < -0.4 is 0 Å². The molecule has 0 amide bonds. The minimum Gasteiger partial charge on any atom is -0.478 e. The van der Waals surface area contributed by atoms with E-state index in [0.29, 0.717) is 34.2 Å². The number of hydrogen-bond donors (Lipinski definition) is 2. The average Bonchev–Trinajstić information content (AvgIpc) is 2.91. The maximum absolute atomic E-state index is 11.1. The molecule has 2 N–H and O–H groups in total. The highest BCUT2D eigenvalue weighted by molar-refractivity contribution is 6.01. The van der Waals surface area contributed by atoms with Crippen LogP contribution in [0.4, 0.5) is 0 Å². The van der Waals surface area contributed by atoms with Crippen LogP contribution in [0.5, 0.6) is 0 Å². The predicted octanol–water partition coefficient (Wildman–Crippen LogP) is 2.53. The summed E-state index contributed by atoms with van der Waals surface area (Å²) in [5.41, 5.74) is 1.95. The number of rotatable bonds is 2. The van der Waals surface area contributed by atoms with Crippen molar-refractivity contribution in [1.82, 2.24) is 15.0 Å². The molecule has 0 fully saturated rings. The van der Waals surface area contributed by atoms with Crippen molar-refractivity contribution in [3.63, 3.8) is 0 Å². The molecule has 0 radical (unpaired) electrons. The molecule has 0 aliphatic carbocycles. The Morgan fingerprint density at radius 2 is 2.11 bits per heavy atom. The van der Waals surface area contributed by atoms with Gasteiger partial charge in [0.1, 0.15) is 5.52 Å². The van der Waals surface area contributed by atoms with E-state index in [-0.39, 0.29) is 5.56 Å². The summed E-state index contributed by atoms with van der Waals surface area (Å²) in [4.78, 5) is 22.7. The molecule has 2 aromatic heterocycles. The van der Waals surface area contributed by atoms with Crippen molar-refractivity contribution in [3.05, 3.63) is 35.3 Å². The molecule has 0 atom stereocenters. The number of para-hydroxylation sites is 1. The van der Waals surface area contributed by atoms with Gasteiger partial charge in [-0.2, -0.15) is 0 Å². The highest BCUT2D eigenvalue weighted by Gasteiger charge is 2.17. The molecule has 3 aromatic rings. The Morgan fingerprint density at radius 3 is 2.74 bits per heavy atom. The van der Waals surface area contributed by atoms with Gasteiger partial charge in [0, 0.05) is 6.92 Å². The first kappa shape index (κ1) is 11.5. The van der Waals surface area contributed by atoms with E-state index in [1.54, 1.807) is 19.1 Å². The number of benzene rings is 1. The fraction of sp³-hybridized carbons (Fsp3) is 0.154. The topological polar surface area (TPSA) is 92.0 Å². The van der Waals surface area contributed by atoms with Gasteiger partial charge in [0.2, 0.25) is 0 Å². The first-order valence-electron chi connectivity index (χ1n) is 5.72. The number of oxazole rings is 1. The SMILES string of the molecule is Cc1nc(C)c(-c2nc3c(C(=O)O)cccc3[nH]2)o1. The highest BCUT2D eigenvalue weighted by atomic mass is 16.4. The number of aromatic nitrogens is 3. The molecule has 2 heterocycles. The summed E-state index contributed by atoms with van der Waals surface area (Å²) >= 11 is 0. The fourth-order valence-electron chi connectivity index (χ4n) is 2.06. The lowest BCUT2D eigenvalue weighted by Crippen LogP contribution is -1.96. The zero-order valence-electron chi connectivity index (χ0n) is 10.4. The number of nitrogens with one attached hydrogen (secondary N) is 1. The van der Waals surface area contributed by atoms with Gasteiger partial charge in [-0.05, 0) is 19.1 Å². The van der Waals surface area contributed by atoms with Crippen LogP contribution in [0.25, 0.3) is 22.6 Å². The molecule has 0 bridgehead atoms. The molecule has 6 nitrogen and oxygen atoms in total. The number of aromatic carboxylic acids is 1. The van der Waals surface area contributed by atoms with Gasteiger partial charge in [-0.15, -0.1) is 0 Å². The van der Waals surface area contributed by atoms with Gasteiger partial charge in [-0.1, -0.05) is 6.07 Å². The lowest BCUT2D eigenvalue weighted by molar-refractivity contribution is 0.0699. The zero-order valence-corrected chi connectivity index (χ0v) is 10.4. The third kappa shape index (κ3) is 1.77. The molecule has 3 rings (SSSR count). The van der Waals surface area contributed by atoms with Crippen LogP contribution in [0.15, 0.2) is 22.6 Å². The van der Waals surface area contributed by atoms with Crippen molar-refractivity contribution >= 4 is 17.0 Å². The van der Waals surface area contributed by atoms with E-state index in [1.165, 1.54) is 6.07 Å². The van der Waals surface area contributed by atoms with Crippen LogP contribution >= 0.6 is 0 Å². The predicted molar refractivity (Wildman–Crippen MR) is 68.0 cm³/mol. The molecule has 0 spiro atoms. The fourth-order valence-corrected chi connectivity index (χ4v) is 2.06. The van der Waals surface area contributed by atoms with E-state index in [2.05, 4.69) is 15.0 Å². The molecule has 0 unspecified atom stereocenters. The quantitative estimate of drug-likeness (QED) is 0.736. The number of H-pyrrole nitrogens is 1. The lowest BCUT2D eigenvalue weighted by atomic mass is 10.2. The third-order valence-corrected chi connectivity index (χ3v) is 2.86. The van der Waals surface area contributed by atoms with Crippen LogP contribution in [-0.4, -0.2) is 26.0 Å². The minimum atomic E-state index is -1.01. The summed E-state index contributed by atoms with van der Waals surface area (Å²) in [6.45, 7) is 3.57. The second kappa shape index (κ2) is 3.94. The van der Waals surface area contributed by atoms with Gasteiger partial charge in [-0.3, -0.25) is 0 Å². The number of hydrogen-bond acceptors (Lipinski definition) is 4. The number of aryl methyl sites for hydroxylation is 2. The molecular formula is C13H11N3O3. The van der Waals surface area contributed by atoms with E-state index in [1.807, 2.05) is 6.92 Å². The van der Waals surface area contributed by atoms with E-state index in [9.17, 15) is 4.79 Å². The number of carboxylic acid groups (broad SMARTS) is 1. The second-order valence-electron chi connectivity index (χ2n) is 4.24. The molecular weight excluding hydrogens is 246 g/mol. The van der Waals surface area contributed by atoms with Crippen molar-refractivity contribution in [2.24, 2.45) is 0 Å². The Bertz CT molecular complexity index is 786. The van der Waals surface area contributed by atoms with Crippen molar-refractivity contribution in [1.29, 1.82) is 0 Å². The van der Waals surface area contributed by atoms with Crippen LogP contribution in [0.3, 0.4) is 0 Å². The minimum absolute atomic E-state index is 0.161. The first-order valence-corrected chi connectivity index (χ1v) is 5.72. The number of carboxylic acids is 1. The zero-order chi connectivity index (χ0) is 13.6. The van der Waals surface area contributed by atoms with E-state index in [4.69, 9.17) is 9.52 Å². The monoisotopic (exact) mass is 257 g/mol. The van der Waals surface area contributed by atoms with Crippen LogP contribution in [0, 0.1) is 13.8 Å². The molecule has 6 heteroatoms.